The summed E-state index contributed by atoms with van der Waals surface area (Å²) < 4.78 is 27.6. The van der Waals surface area contributed by atoms with Gasteiger partial charge in [-0.15, -0.1) is 11.8 Å². The minimum atomic E-state index is -0.599. The summed E-state index contributed by atoms with van der Waals surface area (Å²) in [6.07, 6.45) is 0. The Morgan fingerprint density at radius 3 is 2.63 bits per heavy atom. The van der Waals surface area contributed by atoms with Crippen molar-refractivity contribution in [3.63, 3.8) is 0 Å². The Morgan fingerprint density at radius 2 is 1.95 bits per heavy atom. The maximum absolute atomic E-state index is 13.8. The molecular formula is C13H9BrClF2NS. The maximum Gasteiger partial charge on any atom is 0.144 e. The lowest BCUT2D eigenvalue weighted by atomic mass is 10.2. The molecule has 0 saturated heterocycles. The van der Waals surface area contributed by atoms with Crippen molar-refractivity contribution in [1.82, 2.24) is 0 Å². The van der Waals surface area contributed by atoms with E-state index in [1.165, 1.54) is 23.9 Å². The normalized spacial score (nSPS) is 10.7. The number of nitrogen functional groups attached to an aromatic ring is 1. The van der Waals surface area contributed by atoms with Crippen LogP contribution in [0, 0.1) is 11.6 Å². The van der Waals surface area contributed by atoms with Crippen LogP contribution in [0.15, 0.2) is 39.7 Å². The second kappa shape index (κ2) is 6.11. The molecule has 2 rings (SSSR count). The van der Waals surface area contributed by atoms with Crippen LogP contribution in [-0.4, -0.2) is 0 Å². The third-order valence-corrected chi connectivity index (χ3v) is 4.71. The smallest absolute Gasteiger partial charge is 0.144 e. The van der Waals surface area contributed by atoms with Crippen LogP contribution >= 0.6 is 39.3 Å². The van der Waals surface area contributed by atoms with E-state index < -0.39 is 11.6 Å². The van der Waals surface area contributed by atoms with E-state index in [0.717, 1.165) is 0 Å². The lowest BCUT2D eigenvalue weighted by Gasteiger charge is -2.09. The van der Waals surface area contributed by atoms with Gasteiger partial charge >= 0.3 is 0 Å². The molecule has 100 valence electrons. The van der Waals surface area contributed by atoms with Crippen molar-refractivity contribution in [2.45, 2.75) is 10.6 Å². The highest BCUT2D eigenvalue weighted by Crippen LogP contribution is 2.36. The first-order valence-corrected chi connectivity index (χ1v) is 7.45. The fourth-order valence-electron chi connectivity index (χ4n) is 1.52. The molecule has 0 radical (unpaired) electrons. The van der Waals surface area contributed by atoms with Crippen molar-refractivity contribution in [3.8, 4) is 0 Å². The summed E-state index contributed by atoms with van der Waals surface area (Å²) in [6, 6.07) is 7.67. The zero-order valence-corrected chi connectivity index (χ0v) is 12.7. The van der Waals surface area contributed by atoms with Gasteiger partial charge in [-0.05, 0) is 40.2 Å². The van der Waals surface area contributed by atoms with Gasteiger partial charge in [0.1, 0.15) is 11.6 Å². The van der Waals surface area contributed by atoms with E-state index in [0.29, 0.717) is 15.6 Å². The van der Waals surface area contributed by atoms with Gasteiger partial charge in [-0.25, -0.2) is 8.78 Å². The molecule has 0 aliphatic heterocycles. The Bertz CT molecular complexity index is 602. The minimum absolute atomic E-state index is 0.00121. The van der Waals surface area contributed by atoms with Crippen molar-refractivity contribution >= 4 is 45.0 Å². The third kappa shape index (κ3) is 3.22. The molecule has 0 fully saturated rings. The van der Waals surface area contributed by atoms with E-state index >= 15 is 0 Å². The van der Waals surface area contributed by atoms with E-state index in [2.05, 4.69) is 15.9 Å². The fourth-order valence-corrected chi connectivity index (χ4v) is 3.23. The Labute approximate surface area is 127 Å². The standard InChI is InChI=1S/C13H9BrClF2NS/c14-8-4-5-10(16)7(12(8)17)6-19-13-9(15)2-1-3-11(13)18/h1-5H,6,18H2. The molecule has 2 aromatic carbocycles. The number of hydrogen-bond acceptors (Lipinski definition) is 2. The number of rotatable bonds is 3. The molecular weight excluding hydrogens is 356 g/mol. The van der Waals surface area contributed by atoms with Crippen LogP contribution in [0.1, 0.15) is 5.56 Å². The van der Waals surface area contributed by atoms with Crippen molar-refractivity contribution in [1.29, 1.82) is 0 Å². The van der Waals surface area contributed by atoms with Gasteiger partial charge in [0.15, 0.2) is 0 Å². The van der Waals surface area contributed by atoms with Crippen LogP contribution in [0.4, 0.5) is 14.5 Å². The number of nitrogens with two attached hydrogens (primary N) is 1. The van der Waals surface area contributed by atoms with Crippen molar-refractivity contribution in [3.05, 3.63) is 57.0 Å². The summed E-state index contributed by atoms with van der Waals surface area (Å²) in [5.74, 6) is -1.07. The van der Waals surface area contributed by atoms with Crippen molar-refractivity contribution < 1.29 is 8.78 Å². The van der Waals surface area contributed by atoms with Gasteiger partial charge in [0.2, 0.25) is 0 Å². The predicted octanol–water partition coefficient (Wildman–Crippen LogP) is 5.26. The molecule has 0 heterocycles. The number of hydrogen-bond donors (Lipinski definition) is 1. The Morgan fingerprint density at radius 1 is 1.21 bits per heavy atom. The second-order valence-corrected chi connectivity index (χ2v) is 6.02. The Balaban J connectivity index is 2.27. The molecule has 0 aliphatic carbocycles. The first kappa shape index (κ1) is 14.6. The van der Waals surface area contributed by atoms with Gasteiger partial charge in [-0.1, -0.05) is 17.7 Å². The SMILES string of the molecule is Nc1cccc(Cl)c1SCc1c(F)ccc(Br)c1F. The molecule has 0 bridgehead atoms. The molecule has 0 spiro atoms. The van der Waals surface area contributed by atoms with Crippen LogP contribution in [0.5, 0.6) is 0 Å². The molecule has 0 atom stereocenters. The predicted molar refractivity (Wildman–Crippen MR) is 79.5 cm³/mol. The van der Waals surface area contributed by atoms with Crippen LogP contribution in [0.2, 0.25) is 5.02 Å². The second-order valence-electron chi connectivity index (χ2n) is 3.77. The molecule has 2 aromatic rings. The van der Waals surface area contributed by atoms with E-state index in [-0.39, 0.29) is 15.8 Å². The summed E-state index contributed by atoms with van der Waals surface area (Å²) in [5, 5.41) is 0.473. The lowest BCUT2D eigenvalue weighted by molar-refractivity contribution is 0.562. The molecule has 0 unspecified atom stereocenters. The van der Waals surface area contributed by atoms with E-state index in [1.807, 2.05) is 0 Å². The van der Waals surface area contributed by atoms with Gasteiger partial charge in [0.25, 0.3) is 0 Å². The van der Waals surface area contributed by atoms with Crippen molar-refractivity contribution in [2.75, 3.05) is 5.73 Å². The van der Waals surface area contributed by atoms with Gasteiger partial charge in [-0.3, -0.25) is 0 Å². The number of thioether (sulfide) groups is 1. The summed E-state index contributed by atoms with van der Waals surface area (Å²) in [6.45, 7) is 0. The average molecular weight is 365 g/mol. The van der Waals surface area contributed by atoms with E-state index in [4.69, 9.17) is 17.3 Å². The van der Waals surface area contributed by atoms with Crippen LogP contribution in [0.3, 0.4) is 0 Å². The Hall–Kier alpha value is -0.780. The fraction of sp³-hybridized carbons (Fsp3) is 0.0769. The Kier molecular flexibility index (Phi) is 4.71. The average Bonchev–Trinajstić information content (AvgIpc) is 2.37. The van der Waals surface area contributed by atoms with E-state index in [9.17, 15) is 8.78 Å². The van der Waals surface area contributed by atoms with Gasteiger partial charge in [0.05, 0.1) is 9.50 Å². The number of halogens is 4. The third-order valence-electron chi connectivity index (χ3n) is 2.50. The highest BCUT2D eigenvalue weighted by atomic mass is 79.9. The van der Waals surface area contributed by atoms with Gasteiger partial charge in [-0.2, -0.15) is 0 Å². The minimum Gasteiger partial charge on any atom is -0.398 e. The first-order chi connectivity index (χ1) is 9.00. The molecule has 0 aromatic heterocycles. The highest BCUT2D eigenvalue weighted by molar-refractivity contribution is 9.10. The lowest BCUT2D eigenvalue weighted by Crippen LogP contribution is -1.96. The zero-order valence-electron chi connectivity index (χ0n) is 9.59. The highest BCUT2D eigenvalue weighted by Gasteiger charge is 2.14. The van der Waals surface area contributed by atoms with Crippen LogP contribution in [0.25, 0.3) is 0 Å². The first-order valence-electron chi connectivity index (χ1n) is 5.30. The number of anilines is 1. The largest absolute Gasteiger partial charge is 0.398 e. The van der Waals surface area contributed by atoms with E-state index in [1.54, 1.807) is 18.2 Å². The molecule has 6 heteroatoms. The molecule has 0 aliphatic rings. The number of benzene rings is 2. The van der Waals surface area contributed by atoms with Crippen LogP contribution < -0.4 is 5.73 Å². The van der Waals surface area contributed by atoms with Crippen molar-refractivity contribution in [2.24, 2.45) is 0 Å². The summed E-state index contributed by atoms with van der Waals surface area (Å²) in [7, 11) is 0. The summed E-state index contributed by atoms with van der Waals surface area (Å²) in [4.78, 5) is 0.628. The van der Waals surface area contributed by atoms with Gasteiger partial charge < -0.3 is 5.73 Å². The molecule has 2 N–H and O–H groups in total. The summed E-state index contributed by atoms with van der Waals surface area (Å²) in [5.41, 5.74) is 6.28. The van der Waals surface area contributed by atoms with Gasteiger partial charge in [0, 0.05) is 21.9 Å². The monoisotopic (exact) mass is 363 g/mol. The zero-order chi connectivity index (χ0) is 14.0. The molecule has 0 amide bonds. The topological polar surface area (TPSA) is 26.0 Å². The molecule has 0 saturated carbocycles. The quantitative estimate of drug-likeness (QED) is 0.457. The maximum atomic E-state index is 13.8. The summed E-state index contributed by atoms with van der Waals surface area (Å²) >= 11 is 10.2. The molecule has 19 heavy (non-hydrogen) atoms. The van der Waals surface area contributed by atoms with Crippen LogP contribution in [-0.2, 0) is 5.75 Å². The molecule has 1 nitrogen and oxygen atoms in total.